The third-order valence-corrected chi connectivity index (χ3v) is 6.21. The average Bonchev–Trinajstić information content (AvgIpc) is 3.13. The number of alkyl carbamates (subject to hydrolysis) is 1. The SMILES string of the molecule is O=C(NCC(O)C(O)c1cc(Br)cc(C(F)(F)F)c1)OCC1c2ccccc2-c2ccccc21. The smallest absolute Gasteiger partial charge is 0.416 e. The van der Waals surface area contributed by atoms with Crippen molar-refractivity contribution in [2.75, 3.05) is 13.2 Å². The largest absolute Gasteiger partial charge is 0.449 e. The van der Waals surface area contributed by atoms with Crippen molar-refractivity contribution in [3.05, 3.63) is 93.5 Å². The molecule has 34 heavy (non-hydrogen) atoms. The molecule has 1 amide bonds. The molecule has 0 radical (unpaired) electrons. The maximum atomic E-state index is 13.0. The third kappa shape index (κ3) is 5.11. The van der Waals surface area contributed by atoms with Crippen LogP contribution in [0.5, 0.6) is 0 Å². The summed E-state index contributed by atoms with van der Waals surface area (Å²) in [5.41, 5.74) is 3.15. The zero-order valence-electron chi connectivity index (χ0n) is 17.7. The van der Waals surface area contributed by atoms with Gasteiger partial charge < -0.3 is 20.3 Å². The van der Waals surface area contributed by atoms with E-state index in [4.69, 9.17) is 4.74 Å². The van der Waals surface area contributed by atoms with Crippen LogP contribution >= 0.6 is 15.9 Å². The molecular weight excluding hydrogens is 515 g/mol. The van der Waals surface area contributed by atoms with Crippen LogP contribution in [0.25, 0.3) is 11.1 Å². The van der Waals surface area contributed by atoms with Crippen LogP contribution in [0.1, 0.15) is 34.3 Å². The second-order valence-electron chi connectivity index (χ2n) is 7.99. The van der Waals surface area contributed by atoms with Crippen LogP contribution in [-0.2, 0) is 10.9 Å². The molecule has 0 bridgehead atoms. The molecule has 0 saturated heterocycles. The number of carbonyl (C=O) groups excluding carboxylic acids is 1. The Morgan fingerprint density at radius 3 is 2.18 bits per heavy atom. The van der Waals surface area contributed by atoms with Crippen molar-refractivity contribution in [1.82, 2.24) is 5.32 Å². The van der Waals surface area contributed by atoms with Gasteiger partial charge in [0.15, 0.2) is 0 Å². The number of rotatable bonds is 6. The van der Waals surface area contributed by atoms with Crippen LogP contribution in [-0.4, -0.2) is 35.6 Å². The highest BCUT2D eigenvalue weighted by Crippen LogP contribution is 2.44. The van der Waals surface area contributed by atoms with Gasteiger partial charge in [-0.1, -0.05) is 64.5 Å². The minimum Gasteiger partial charge on any atom is -0.449 e. The van der Waals surface area contributed by atoms with Gasteiger partial charge in [-0.2, -0.15) is 13.2 Å². The predicted octanol–water partition coefficient (Wildman–Crippen LogP) is 5.40. The summed E-state index contributed by atoms with van der Waals surface area (Å²) in [6, 6.07) is 18.6. The summed E-state index contributed by atoms with van der Waals surface area (Å²) in [4.78, 5) is 12.2. The van der Waals surface area contributed by atoms with Crippen molar-refractivity contribution >= 4 is 22.0 Å². The highest BCUT2D eigenvalue weighted by molar-refractivity contribution is 9.10. The number of benzene rings is 3. The van der Waals surface area contributed by atoms with Crippen molar-refractivity contribution in [1.29, 1.82) is 0 Å². The lowest BCUT2D eigenvalue weighted by atomic mass is 9.98. The molecule has 1 aliphatic carbocycles. The van der Waals surface area contributed by atoms with E-state index in [2.05, 4.69) is 21.2 Å². The van der Waals surface area contributed by atoms with E-state index in [-0.39, 0.29) is 22.6 Å². The average molecular weight is 536 g/mol. The third-order valence-electron chi connectivity index (χ3n) is 5.75. The minimum absolute atomic E-state index is 0.0685. The van der Waals surface area contributed by atoms with Crippen molar-refractivity contribution in [3.8, 4) is 11.1 Å². The lowest BCUT2D eigenvalue weighted by Gasteiger charge is -2.20. The molecular formula is C25H21BrF3NO4. The van der Waals surface area contributed by atoms with E-state index in [1.54, 1.807) is 0 Å². The summed E-state index contributed by atoms with van der Waals surface area (Å²) in [5, 5.41) is 22.9. The molecule has 1 aliphatic rings. The molecule has 5 nitrogen and oxygen atoms in total. The van der Waals surface area contributed by atoms with E-state index in [1.165, 1.54) is 6.07 Å². The molecule has 9 heteroatoms. The van der Waals surface area contributed by atoms with E-state index < -0.39 is 36.6 Å². The Labute approximate surface area is 202 Å². The fourth-order valence-electron chi connectivity index (χ4n) is 4.12. The number of aliphatic hydroxyl groups excluding tert-OH is 2. The maximum Gasteiger partial charge on any atom is 0.416 e. The molecule has 0 aromatic heterocycles. The first-order valence-electron chi connectivity index (χ1n) is 10.5. The molecule has 0 fully saturated rings. The van der Waals surface area contributed by atoms with Gasteiger partial charge in [-0.15, -0.1) is 0 Å². The molecule has 0 saturated carbocycles. The number of ether oxygens (including phenoxy) is 1. The number of halogens is 4. The van der Waals surface area contributed by atoms with Gasteiger partial charge in [0, 0.05) is 16.9 Å². The number of hydrogen-bond acceptors (Lipinski definition) is 4. The zero-order valence-corrected chi connectivity index (χ0v) is 19.3. The predicted molar refractivity (Wildman–Crippen MR) is 123 cm³/mol. The summed E-state index contributed by atoms with van der Waals surface area (Å²) < 4.78 is 44.5. The monoisotopic (exact) mass is 535 g/mol. The van der Waals surface area contributed by atoms with Gasteiger partial charge in [-0.05, 0) is 46.0 Å². The second-order valence-corrected chi connectivity index (χ2v) is 8.91. The van der Waals surface area contributed by atoms with Crippen LogP contribution < -0.4 is 5.32 Å². The number of carbonyl (C=O) groups is 1. The Bertz CT molecular complexity index is 1160. The van der Waals surface area contributed by atoms with Gasteiger partial charge in [-0.25, -0.2) is 4.79 Å². The molecule has 3 aromatic rings. The number of fused-ring (bicyclic) bond motifs is 3. The molecule has 0 spiro atoms. The lowest BCUT2D eigenvalue weighted by Crippen LogP contribution is -2.36. The standard InChI is InChI=1S/C25H21BrF3NO4/c26-16-10-14(9-15(11-16)25(27,28)29)23(32)22(31)12-30-24(33)34-13-21-19-7-3-1-5-17(19)18-6-2-4-8-20(18)21/h1-11,21-23,31-32H,12-13H2,(H,30,33). The van der Waals surface area contributed by atoms with E-state index in [0.29, 0.717) is 0 Å². The van der Waals surface area contributed by atoms with Gasteiger partial charge in [0.2, 0.25) is 0 Å². The van der Waals surface area contributed by atoms with Gasteiger partial charge in [-0.3, -0.25) is 0 Å². The first kappa shape index (κ1) is 24.3. The van der Waals surface area contributed by atoms with Crippen LogP contribution in [0.2, 0.25) is 0 Å². The molecule has 4 rings (SSSR count). The second kappa shape index (κ2) is 9.77. The Morgan fingerprint density at radius 2 is 1.59 bits per heavy atom. The fourth-order valence-corrected chi connectivity index (χ4v) is 4.63. The number of hydrogen-bond donors (Lipinski definition) is 3. The molecule has 2 atom stereocenters. The number of nitrogens with one attached hydrogen (secondary N) is 1. The maximum absolute atomic E-state index is 13.0. The topological polar surface area (TPSA) is 78.8 Å². The quantitative estimate of drug-likeness (QED) is 0.394. The summed E-state index contributed by atoms with van der Waals surface area (Å²) in [6.07, 6.45) is -8.61. The summed E-state index contributed by atoms with van der Waals surface area (Å²) in [7, 11) is 0. The first-order valence-corrected chi connectivity index (χ1v) is 11.3. The van der Waals surface area contributed by atoms with E-state index in [9.17, 15) is 28.2 Å². The van der Waals surface area contributed by atoms with Crippen molar-refractivity contribution in [2.45, 2.75) is 24.3 Å². The Balaban J connectivity index is 1.36. The molecule has 178 valence electrons. The summed E-state index contributed by atoms with van der Waals surface area (Å²) in [6.45, 7) is -0.342. The van der Waals surface area contributed by atoms with Gasteiger partial charge in [0.05, 0.1) is 5.56 Å². The highest BCUT2D eigenvalue weighted by Gasteiger charge is 2.33. The Hall–Kier alpha value is -2.88. The first-order chi connectivity index (χ1) is 16.1. The number of alkyl halides is 3. The summed E-state index contributed by atoms with van der Waals surface area (Å²) >= 11 is 2.98. The lowest BCUT2D eigenvalue weighted by molar-refractivity contribution is -0.137. The van der Waals surface area contributed by atoms with Crippen molar-refractivity contribution in [2.24, 2.45) is 0 Å². The van der Waals surface area contributed by atoms with E-state index >= 15 is 0 Å². The van der Waals surface area contributed by atoms with Gasteiger partial charge >= 0.3 is 12.3 Å². The highest BCUT2D eigenvalue weighted by atomic mass is 79.9. The molecule has 0 heterocycles. The van der Waals surface area contributed by atoms with Crippen LogP contribution in [0.15, 0.2) is 71.2 Å². The van der Waals surface area contributed by atoms with Crippen molar-refractivity contribution in [3.63, 3.8) is 0 Å². The normalized spacial score (nSPS) is 14.8. The van der Waals surface area contributed by atoms with E-state index in [1.807, 2.05) is 48.5 Å². The van der Waals surface area contributed by atoms with Gasteiger partial charge in [0.25, 0.3) is 0 Å². The molecule has 0 aliphatic heterocycles. The summed E-state index contributed by atoms with van der Waals surface area (Å²) in [5.74, 6) is -0.142. The molecule has 2 unspecified atom stereocenters. The minimum atomic E-state index is -4.61. The van der Waals surface area contributed by atoms with Gasteiger partial charge in [0.1, 0.15) is 18.8 Å². The van der Waals surface area contributed by atoms with Crippen LogP contribution in [0.3, 0.4) is 0 Å². The molecule has 3 N–H and O–H groups in total. The number of aliphatic hydroxyl groups is 2. The molecule has 3 aromatic carbocycles. The van der Waals surface area contributed by atoms with Crippen LogP contribution in [0.4, 0.5) is 18.0 Å². The Morgan fingerprint density at radius 1 is 1.00 bits per heavy atom. The number of amides is 1. The Kier molecular flexibility index (Phi) is 6.97. The fraction of sp³-hybridized carbons (Fsp3) is 0.240. The van der Waals surface area contributed by atoms with Crippen LogP contribution in [0, 0.1) is 0 Å². The van der Waals surface area contributed by atoms with E-state index in [0.717, 1.165) is 34.4 Å². The van der Waals surface area contributed by atoms with Crippen molar-refractivity contribution < 1.29 is 32.9 Å². The zero-order chi connectivity index (χ0) is 24.5.